The highest BCUT2D eigenvalue weighted by atomic mass is 32.2. The second-order valence-corrected chi connectivity index (χ2v) is 11.5. The molecule has 0 radical (unpaired) electrons. The summed E-state index contributed by atoms with van der Waals surface area (Å²) in [6.07, 6.45) is 5.23. The molecule has 0 bridgehead atoms. The molecular formula is C27H31N3O4S. The summed E-state index contributed by atoms with van der Waals surface area (Å²) in [5, 5.41) is 2.99. The number of aromatic nitrogens is 1. The van der Waals surface area contributed by atoms with Gasteiger partial charge in [0.1, 0.15) is 5.76 Å². The number of piperidine rings is 1. The van der Waals surface area contributed by atoms with E-state index in [4.69, 9.17) is 4.42 Å². The number of nitrogens with one attached hydrogen (secondary N) is 1. The number of sulfonamides is 1. The van der Waals surface area contributed by atoms with E-state index in [9.17, 15) is 13.2 Å². The van der Waals surface area contributed by atoms with Crippen molar-refractivity contribution in [3.8, 4) is 11.5 Å². The average Bonchev–Trinajstić information content (AvgIpc) is 3.22. The van der Waals surface area contributed by atoms with Gasteiger partial charge in [-0.1, -0.05) is 12.1 Å². The zero-order chi connectivity index (χ0) is 24.6. The van der Waals surface area contributed by atoms with Crippen LogP contribution in [0.25, 0.3) is 11.5 Å². The van der Waals surface area contributed by atoms with E-state index in [1.165, 1.54) is 9.87 Å². The molecule has 8 heteroatoms. The van der Waals surface area contributed by atoms with E-state index in [1.807, 2.05) is 50.2 Å². The molecule has 7 nitrogen and oxygen atoms in total. The van der Waals surface area contributed by atoms with Gasteiger partial charge in [0, 0.05) is 30.3 Å². The maximum absolute atomic E-state index is 13.2. The van der Waals surface area contributed by atoms with Gasteiger partial charge in [0.2, 0.25) is 21.8 Å². The van der Waals surface area contributed by atoms with Crippen molar-refractivity contribution in [1.82, 2.24) is 9.29 Å². The summed E-state index contributed by atoms with van der Waals surface area (Å²) in [5.41, 5.74) is 4.73. The molecular weight excluding hydrogens is 462 g/mol. The lowest BCUT2D eigenvalue weighted by atomic mass is 9.92. The third kappa shape index (κ3) is 4.90. The Labute approximate surface area is 206 Å². The number of carbonyl (C=O) groups excluding carboxylic acids is 1. The molecule has 0 saturated carbocycles. The Morgan fingerprint density at radius 1 is 1.03 bits per heavy atom. The van der Waals surface area contributed by atoms with Crippen molar-refractivity contribution in [2.75, 3.05) is 18.4 Å². The Morgan fingerprint density at radius 3 is 2.49 bits per heavy atom. The average molecular weight is 494 g/mol. The molecule has 1 fully saturated rings. The third-order valence-corrected chi connectivity index (χ3v) is 9.08. The van der Waals surface area contributed by atoms with Crippen molar-refractivity contribution in [3.05, 3.63) is 65.0 Å². The van der Waals surface area contributed by atoms with Crippen LogP contribution in [0.3, 0.4) is 0 Å². The maximum Gasteiger partial charge on any atom is 0.243 e. The second kappa shape index (κ2) is 9.59. The SMILES string of the molecule is Cc1nc(-c2cccc(NC(=O)C3CCN(S(=O)(=O)c4ccc5c(c4)CCCC5)CC3)c2)oc1C. The minimum atomic E-state index is -3.56. The predicted octanol–water partition coefficient (Wildman–Crippen LogP) is 4.88. The molecule has 2 aliphatic rings. The van der Waals surface area contributed by atoms with Gasteiger partial charge in [0.25, 0.3) is 0 Å². The number of nitrogens with zero attached hydrogens (tertiary/aromatic N) is 2. The summed E-state index contributed by atoms with van der Waals surface area (Å²) < 4.78 is 33.7. The van der Waals surface area contributed by atoms with Crippen molar-refractivity contribution in [1.29, 1.82) is 0 Å². The molecule has 1 aliphatic carbocycles. The van der Waals surface area contributed by atoms with Crippen LogP contribution in [0.1, 0.15) is 48.3 Å². The van der Waals surface area contributed by atoms with Crippen molar-refractivity contribution in [3.63, 3.8) is 0 Å². The van der Waals surface area contributed by atoms with Crippen molar-refractivity contribution in [2.24, 2.45) is 5.92 Å². The standard InChI is InChI=1S/C27H31N3O4S/c1-18-19(2)34-27(28-18)23-8-5-9-24(16-23)29-26(31)21-12-14-30(15-13-21)35(32,33)25-11-10-20-6-3-4-7-22(20)17-25/h5,8-11,16-17,21H,3-4,6-7,12-15H2,1-2H3,(H,29,31). The number of rotatable bonds is 5. The first-order valence-electron chi connectivity index (χ1n) is 12.3. The molecule has 0 spiro atoms. The van der Waals surface area contributed by atoms with E-state index in [0.29, 0.717) is 42.4 Å². The largest absolute Gasteiger partial charge is 0.441 e. The van der Waals surface area contributed by atoms with Crippen LogP contribution in [0.15, 0.2) is 51.8 Å². The first-order valence-corrected chi connectivity index (χ1v) is 13.7. The first-order chi connectivity index (χ1) is 16.8. The molecule has 0 unspecified atom stereocenters. The monoisotopic (exact) mass is 493 g/mol. The number of hydrogen-bond donors (Lipinski definition) is 1. The smallest absolute Gasteiger partial charge is 0.243 e. The Kier molecular flexibility index (Phi) is 6.51. The van der Waals surface area contributed by atoms with E-state index in [2.05, 4.69) is 10.3 Å². The Balaban J connectivity index is 1.22. The summed E-state index contributed by atoms with van der Waals surface area (Å²) in [4.78, 5) is 17.7. The van der Waals surface area contributed by atoms with Crippen LogP contribution >= 0.6 is 0 Å². The van der Waals surface area contributed by atoms with E-state index in [-0.39, 0.29) is 11.8 Å². The molecule has 1 saturated heterocycles. The molecule has 184 valence electrons. The Bertz CT molecular complexity index is 1330. The van der Waals surface area contributed by atoms with Gasteiger partial charge in [-0.3, -0.25) is 4.79 Å². The summed E-state index contributed by atoms with van der Waals surface area (Å²) in [6, 6.07) is 13.0. The van der Waals surface area contributed by atoms with Gasteiger partial charge >= 0.3 is 0 Å². The molecule has 1 aromatic heterocycles. The van der Waals surface area contributed by atoms with Gasteiger partial charge in [-0.2, -0.15) is 4.31 Å². The minimum absolute atomic E-state index is 0.0901. The lowest BCUT2D eigenvalue weighted by Crippen LogP contribution is -2.41. The molecule has 1 amide bonds. The molecule has 1 aliphatic heterocycles. The van der Waals surface area contributed by atoms with E-state index in [1.54, 1.807) is 6.07 Å². The normalized spacial score (nSPS) is 17.2. The van der Waals surface area contributed by atoms with Gasteiger partial charge in [-0.25, -0.2) is 13.4 Å². The van der Waals surface area contributed by atoms with Crippen molar-refractivity contribution in [2.45, 2.75) is 57.3 Å². The number of anilines is 1. The minimum Gasteiger partial charge on any atom is -0.441 e. The van der Waals surface area contributed by atoms with Gasteiger partial charge in [-0.05, 0) is 93.8 Å². The molecule has 2 aromatic carbocycles. The van der Waals surface area contributed by atoms with Crippen molar-refractivity contribution < 1.29 is 17.6 Å². The van der Waals surface area contributed by atoms with E-state index in [0.717, 1.165) is 48.3 Å². The predicted molar refractivity (Wildman–Crippen MR) is 135 cm³/mol. The van der Waals surface area contributed by atoms with E-state index >= 15 is 0 Å². The molecule has 35 heavy (non-hydrogen) atoms. The van der Waals surface area contributed by atoms with Crippen LogP contribution in [0.2, 0.25) is 0 Å². The van der Waals surface area contributed by atoms with E-state index < -0.39 is 10.0 Å². The lowest BCUT2D eigenvalue weighted by Gasteiger charge is -2.31. The Hall–Kier alpha value is -2.97. The van der Waals surface area contributed by atoms with Gasteiger partial charge in [-0.15, -0.1) is 0 Å². The molecule has 1 N–H and O–H groups in total. The summed E-state index contributed by atoms with van der Waals surface area (Å²) >= 11 is 0. The highest BCUT2D eigenvalue weighted by Crippen LogP contribution is 2.29. The zero-order valence-electron chi connectivity index (χ0n) is 20.2. The highest BCUT2D eigenvalue weighted by Gasteiger charge is 2.32. The number of aryl methyl sites for hydroxylation is 4. The van der Waals surface area contributed by atoms with Crippen LogP contribution in [0.4, 0.5) is 5.69 Å². The lowest BCUT2D eigenvalue weighted by molar-refractivity contribution is -0.120. The number of carbonyl (C=O) groups is 1. The van der Waals surface area contributed by atoms with Gasteiger partial charge in [0.05, 0.1) is 10.6 Å². The fourth-order valence-corrected chi connectivity index (χ4v) is 6.47. The molecule has 0 atom stereocenters. The fourth-order valence-electron chi connectivity index (χ4n) is 4.95. The first kappa shape index (κ1) is 23.8. The summed E-state index contributed by atoms with van der Waals surface area (Å²) in [5.74, 6) is 0.968. The molecule has 3 aromatic rings. The van der Waals surface area contributed by atoms with Crippen LogP contribution in [0.5, 0.6) is 0 Å². The molecule has 5 rings (SSSR count). The number of fused-ring (bicyclic) bond motifs is 1. The van der Waals surface area contributed by atoms with Crippen LogP contribution in [-0.2, 0) is 27.7 Å². The number of benzene rings is 2. The summed E-state index contributed by atoms with van der Waals surface area (Å²) in [7, 11) is -3.56. The van der Waals surface area contributed by atoms with Crippen LogP contribution < -0.4 is 5.32 Å². The quantitative estimate of drug-likeness (QED) is 0.547. The Morgan fingerprint density at radius 2 is 1.77 bits per heavy atom. The van der Waals surface area contributed by atoms with Crippen LogP contribution in [-0.4, -0.2) is 36.7 Å². The van der Waals surface area contributed by atoms with Crippen LogP contribution in [0, 0.1) is 19.8 Å². The molecule has 2 heterocycles. The number of amides is 1. The van der Waals surface area contributed by atoms with Gasteiger partial charge < -0.3 is 9.73 Å². The third-order valence-electron chi connectivity index (χ3n) is 7.19. The number of hydrogen-bond acceptors (Lipinski definition) is 5. The fraction of sp³-hybridized carbons (Fsp3) is 0.407. The maximum atomic E-state index is 13.2. The highest BCUT2D eigenvalue weighted by molar-refractivity contribution is 7.89. The number of oxazole rings is 1. The summed E-state index contributed by atoms with van der Waals surface area (Å²) in [6.45, 7) is 4.45. The van der Waals surface area contributed by atoms with Gasteiger partial charge in [0.15, 0.2) is 0 Å². The zero-order valence-corrected chi connectivity index (χ0v) is 21.0. The second-order valence-electron chi connectivity index (χ2n) is 9.55. The topological polar surface area (TPSA) is 92.5 Å². The van der Waals surface area contributed by atoms with Crippen molar-refractivity contribution >= 4 is 21.6 Å².